The van der Waals surface area contributed by atoms with Crippen molar-refractivity contribution in [3.05, 3.63) is 64.2 Å². The summed E-state index contributed by atoms with van der Waals surface area (Å²) < 4.78 is 27.6. The summed E-state index contributed by atoms with van der Waals surface area (Å²) in [4.78, 5) is 2.27. The Hall–Kier alpha value is -1.91. The molecular weight excluding hydrogens is 382 g/mol. The van der Waals surface area contributed by atoms with E-state index >= 15 is 0 Å². The second-order valence-corrected chi connectivity index (χ2v) is 9.06. The zero-order valence-electron chi connectivity index (χ0n) is 15.2. The van der Waals surface area contributed by atoms with Crippen molar-refractivity contribution in [1.82, 2.24) is 9.21 Å². The molecule has 0 unspecified atom stereocenters. The molecule has 0 radical (unpaired) electrons. The number of nitrogens with zero attached hydrogens (tertiary/aromatic N) is 3. The van der Waals surface area contributed by atoms with Crippen LogP contribution in [-0.4, -0.2) is 43.8 Å². The van der Waals surface area contributed by atoms with E-state index in [0.717, 1.165) is 19.5 Å². The van der Waals surface area contributed by atoms with E-state index in [9.17, 15) is 13.7 Å². The van der Waals surface area contributed by atoms with Crippen molar-refractivity contribution < 1.29 is 8.42 Å². The lowest BCUT2D eigenvalue weighted by Crippen LogP contribution is -2.35. The fraction of sp³-hybridized carbons (Fsp3) is 0.350. The monoisotopic (exact) mass is 403 g/mol. The normalized spacial score (nSPS) is 16.6. The van der Waals surface area contributed by atoms with Crippen molar-refractivity contribution in [1.29, 1.82) is 5.26 Å². The third kappa shape index (κ3) is 4.50. The number of sulfonamides is 1. The molecule has 0 amide bonds. The topological polar surface area (TPSA) is 64.4 Å². The van der Waals surface area contributed by atoms with Gasteiger partial charge in [0.2, 0.25) is 10.0 Å². The highest BCUT2D eigenvalue weighted by molar-refractivity contribution is 7.89. The second kappa shape index (κ2) is 8.41. The van der Waals surface area contributed by atoms with Crippen LogP contribution in [0.1, 0.15) is 23.1 Å². The molecule has 2 aromatic rings. The minimum Gasteiger partial charge on any atom is -0.298 e. The molecule has 5 nitrogen and oxygen atoms in total. The Morgan fingerprint density at radius 3 is 2.63 bits per heavy atom. The molecule has 1 aliphatic heterocycles. The summed E-state index contributed by atoms with van der Waals surface area (Å²) in [5.41, 5.74) is 2.62. The largest absolute Gasteiger partial charge is 0.298 e. The molecule has 1 heterocycles. The Balaban J connectivity index is 1.77. The first-order valence-corrected chi connectivity index (χ1v) is 10.7. The minimum atomic E-state index is -3.76. The maximum atomic E-state index is 13.1. The van der Waals surface area contributed by atoms with Crippen LogP contribution >= 0.6 is 11.6 Å². The van der Waals surface area contributed by atoms with Crippen molar-refractivity contribution in [2.75, 3.05) is 26.2 Å². The summed E-state index contributed by atoms with van der Waals surface area (Å²) in [5, 5.41) is 9.58. The molecule has 27 heavy (non-hydrogen) atoms. The Morgan fingerprint density at radius 2 is 1.89 bits per heavy atom. The maximum absolute atomic E-state index is 13.1. The third-order valence-electron chi connectivity index (χ3n) is 4.88. The molecule has 3 rings (SSSR count). The third-order valence-corrected chi connectivity index (χ3v) is 7.06. The number of halogens is 1. The van der Waals surface area contributed by atoms with E-state index in [-0.39, 0.29) is 10.5 Å². The Kier molecular flexibility index (Phi) is 6.18. The van der Waals surface area contributed by atoms with Crippen molar-refractivity contribution in [2.24, 2.45) is 0 Å². The lowest BCUT2D eigenvalue weighted by atomic mass is 10.1. The summed E-state index contributed by atoms with van der Waals surface area (Å²) in [5.74, 6) is 0. The molecule has 1 aliphatic rings. The van der Waals surface area contributed by atoms with Crippen LogP contribution in [0, 0.1) is 18.3 Å². The van der Waals surface area contributed by atoms with Gasteiger partial charge in [-0.05, 0) is 49.2 Å². The first kappa shape index (κ1) is 19.8. The summed E-state index contributed by atoms with van der Waals surface area (Å²) in [6, 6.07) is 14.6. The van der Waals surface area contributed by atoms with Crippen LogP contribution in [-0.2, 0) is 16.6 Å². The minimum absolute atomic E-state index is 0.00939. The van der Waals surface area contributed by atoms with Gasteiger partial charge >= 0.3 is 0 Å². The van der Waals surface area contributed by atoms with Crippen molar-refractivity contribution >= 4 is 21.6 Å². The quantitative estimate of drug-likeness (QED) is 0.784. The highest BCUT2D eigenvalue weighted by Crippen LogP contribution is 2.25. The number of nitriles is 1. The molecular formula is C20H22ClN3O2S. The fourth-order valence-corrected chi connectivity index (χ4v) is 5.19. The zero-order valence-corrected chi connectivity index (χ0v) is 16.8. The molecule has 0 aromatic heterocycles. The van der Waals surface area contributed by atoms with E-state index in [4.69, 9.17) is 11.6 Å². The Morgan fingerprint density at radius 1 is 1.11 bits per heavy atom. The van der Waals surface area contributed by atoms with Gasteiger partial charge in [0, 0.05) is 31.2 Å². The van der Waals surface area contributed by atoms with Gasteiger partial charge in [0.05, 0.1) is 5.56 Å². The van der Waals surface area contributed by atoms with E-state index in [2.05, 4.69) is 24.0 Å². The average molecular weight is 404 g/mol. The van der Waals surface area contributed by atoms with Crippen LogP contribution in [0.15, 0.2) is 47.4 Å². The van der Waals surface area contributed by atoms with Gasteiger partial charge in [-0.2, -0.15) is 9.57 Å². The van der Waals surface area contributed by atoms with Gasteiger partial charge in [-0.25, -0.2) is 8.42 Å². The van der Waals surface area contributed by atoms with Gasteiger partial charge in [-0.1, -0.05) is 35.9 Å². The van der Waals surface area contributed by atoms with Crippen LogP contribution < -0.4 is 0 Å². The van der Waals surface area contributed by atoms with E-state index in [1.54, 1.807) is 0 Å². The first-order valence-electron chi connectivity index (χ1n) is 8.88. The van der Waals surface area contributed by atoms with Crippen molar-refractivity contribution in [2.45, 2.75) is 24.8 Å². The predicted molar refractivity (Wildman–Crippen MR) is 106 cm³/mol. The smallest absolute Gasteiger partial charge is 0.244 e. The number of hydrogen-bond acceptors (Lipinski definition) is 4. The van der Waals surface area contributed by atoms with Crippen LogP contribution in [0.2, 0.25) is 5.02 Å². The van der Waals surface area contributed by atoms with E-state index in [1.807, 2.05) is 18.2 Å². The Labute approximate surface area is 165 Å². The van der Waals surface area contributed by atoms with E-state index in [0.29, 0.717) is 24.7 Å². The standard InChI is InChI=1S/C20H22ClN3O2S/c1-16-5-2-3-6-18(16)15-23-9-4-10-24(12-11-23)27(25,26)20-13-19(21)8-7-17(20)14-22/h2-3,5-8,13H,4,9-12,15H2,1H3. The molecule has 0 bridgehead atoms. The molecule has 7 heteroatoms. The molecule has 0 aliphatic carbocycles. The maximum Gasteiger partial charge on any atom is 0.244 e. The van der Waals surface area contributed by atoms with Gasteiger partial charge in [0.25, 0.3) is 0 Å². The lowest BCUT2D eigenvalue weighted by Gasteiger charge is -2.22. The van der Waals surface area contributed by atoms with E-state index in [1.165, 1.54) is 33.6 Å². The fourth-order valence-electron chi connectivity index (χ4n) is 3.32. The SMILES string of the molecule is Cc1ccccc1CN1CCCN(S(=O)(=O)c2cc(Cl)ccc2C#N)CC1. The highest BCUT2D eigenvalue weighted by Gasteiger charge is 2.29. The van der Waals surface area contributed by atoms with Crippen molar-refractivity contribution in [3.8, 4) is 6.07 Å². The van der Waals surface area contributed by atoms with Crippen LogP contribution in [0.5, 0.6) is 0 Å². The number of rotatable bonds is 4. The van der Waals surface area contributed by atoms with Crippen LogP contribution in [0.25, 0.3) is 0 Å². The molecule has 0 atom stereocenters. The molecule has 1 fully saturated rings. The molecule has 142 valence electrons. The molecule has 0 saturated carbocycles. The lowest BCUT2D eigenvalue weighted by molar-refractivity contribution is 0.278. The number of benzene rings is 2. The second-order valence-electron chi connectivity index (χ2n) is 6.71. The number of hydrogen-bond donors (Lipinski definition) is 0. The van der Waals surface area contributed by atoms with E-state index < -0.39 is 10.0 Å². The molecule has 1 saturated heterocycles. The number of aryl methyl sites for hydroxylation is 1. The molecule has 0 spiro atoms. The molecule has 2 aromatic carbocycles. The molecule has 0 N–H and O–H groups in total. The first-order chi connectivity index (χ1) is 12.9. The van der Waals surface area contributed by atoms with Gasteiger partial charge in [0.1, 0.15) is 11.0 Å². The predicted octanol–water partition coefficient (Wildman–Crippen LogP) is 3.42. The van der Waals surface area contributed by atoms with Crippen LogP contribution in [0.4, 0.5) is 0 Å². The summed E-state index contributed by atoms with van der Waals surface area (Å²) in [6.45, 7) is 5.21. The zero-order chi connectivity index (χ0) is 19.4. The summed E-state index contributed by atoms with van der Waals surface area (Å²) >= 11 is 5.98. The van der Waals surface area contributed by atoms with Gasteiger partial charge < -0.3 is 0 Å². The van der Waals surface area contributed by atoms with Crippen molar-refractivity contribution in [3.63, 3.8) is 0 Å². The average Bonchev–Trinajstić information content (AvgIpc) is 2.90. The van der Waals surface area contributed by atoms with Gasteiger partial charge in [-0.15, -0.1) is 0 Å². The van der Waals surface area contributed by atoms with Crippen LogP contribution in [0.3, 0.4) is 0 Å². The van der Waals surface area contributed by atoms with Gasteiger partial charge in [0.15, 0.2) is 0 Å². The highest BCUT2D eigenvalue weighted by atomic mass is 35.5. The van der Waals surface area contributed by atoms with Gasteiger partial charge in [-0.3, -0.25) is 4.90 Å². The Bertz CT molecular complexity index is 969. The summed E-state index contributed by atoms with van der Waals surface area (Å²) in [7, 11) is -3.76. The summed E-state index contributed by atoms with van der Waals surface area (Å²) in [6.07, 6.45) is 0.744.